The maximum Gasteiger partial charge on any atom is 0.356 e. The van der Waals surface area contributed by atoms with Gasteiger partial charge in [-0.2, -0.15) is 8.42 Å². The predicted octanol–water partition coefficient (Wildman–Crippen LogP) is -1.36. The van der Waals surface area contributed by atoms with Crippen molar-refractivity contribution < 1.29 is 18.3 Å². The highest BCUT2D eigenvalue weighted by Crippen LogP contribution is 1.95. The van der Waals surface area contributed by atoms with E-state index in [4.69, 9.17) is 5.11 Å². The molecule has 0 saturated heterocycles. The van der Waals surface area contributed by atoms with Crippen LogP contribution in [0.3, 0.4) is 0 Å². The summed E-state index contributed by atoms with van der Waals surface area (Å²) < 4.78 is 27.8. The van der Waals surface area contributed by atoms with Crippen LogP contribution in [0, 0.1) is 0 Å². The number of carbonyl (C=O) groups is 1. The number of nitrogens with zero attached hydrogens (tertiary/aromatic N) is 2. The molecule has 1 heterocycles. The van der Waals surface area contributed by atoms with Gasteiger partial charge in [-0.25, -0.2) is 19.2 Å². The third-order valence-electron chi connectivity index (χ3n) is 1.78. The highest BCUT2D eigenvalue weighted by molar-refractivity contribution is 7.87. The van der Waals surface area contributed by atoms with Crippen LogP contribution in [0.4, 0.5) is 0 Å². The minimum absolute atomic E-state index is 0.0727. The molecule has 90 valence electrons. The summed E-state index contributed by atoms with van der Waals surface area (Å²) in [6.45, 7) is 0.458. The number of aromatic carboxylic acids is 1. The van der Waals surface area contributed by atoms with Gasteiger partial charge in [-0.05, 0) is 0 Å². The monoisotopic (exact) mass is 248 g/mol. The lowest BCUT2D eigenvalue weighted by atomic mass is 10.5. The zero-order chi connectivity index (χ0) is 12.2. The molecule has 0 aliphatic rings. The first-order chi connectivity index (χ1) is 7.44. The van der Waals surface area contributed by atoms with Crippen molar-refractivity contribution >= 4 is 16.2 Å². The van der Waals surface area contributed by atoms with Gasteiger partial charge in [-0.1, -0.05) is 0 Å². The van der Waals surface area contributed by atoms with Crippen molar-refractivity contribution in [1.29, 1.82) is 0 Å². The smallest absolute Gasteiger partial charge is 0.356 e. The van der Waals surface area contributed by atoms with Crippen molar-refractivity contribution in [2.24, 2.45) is 0 Å². The van der Waals surface area contributed by atoms with Crippen molar-refractivity contribution in [3.63, 3.8) is 0 Å². The van der Waals surface area contributed by atoms with Crippen LogP contribution in [0.1, 0.15) is 10.5 Å². The van der Waals surface area contributed by atoms with Gasteiger partial charge in [0.25, 0.3) is 10.2 Å². The maximum atomic E-state index is 11.0. The topological polar surface area (TPSA) is 113 Å². The molecule has 0 spiro atoms. The van der Waals surface area contributed by atoms with E-state index in [0.29, 0.717) is 6.54 Å². The molecule has 0 aliphatic carbocycles. The van der Waals surface area contributed by atoms with E-state index in [1.807, 2.05) is 0 Å². The fraction of sp³-hybridized carbons (Fsp3) is 0.429. The van der Waals surface area contributed by atoms with Gasteiger partial charge in [0.15, 0.2) is 5.69 Å². The van der Waals surface area contributed by atoms with E-state index < -0.39 is 16.2 Å². The van der Waals surface area contributed by atoms with E-state index >= 15 is 0 Å². The van der Waals surface area contributed by atoms with Crippen LogP contribution >= 0.6 is 0 Å². The third-order valence-corrected chi connectivity index (χ3v) is 2.90. The van der Waals surface area contributed by atoms with Crippen LogP contribution in [-0.4, -0.2) is 42.6 Å². The van der Waals surface area contributed by atoms with E-state index in [1.54, 1.807) is 0 Å². The molecular weight excluding hydrogens is 236 g/mol. The normalized spacial score (nSPS) is 11.6. The second-order valence-electron chi connectivity index (χ2n) is 2.90. The zero-order valence-corrected chi connectivity index (χ0v) is 9.36. The molecule has 16 heavy (non-hydrogen) atoms. The van der Waals surface area contributed by atoms with Crippen LogP contribution in [0.25, 0.3) is 0 Å². The van der Waals surface area contributed by atoms with Gasteiger partial charge < -0.3 is 9.67 Å². The van der Waals surface area contributed by atoms with Gasteiger partial charge >= 0.3 is 5.97 Å². The third kappa shape index (κ3) is 3.61. The highest BCUT2D eigenvalue weighted by atomic mass is 32.2. The Morgan fingerprint density at radius 1 is 1.62 bits per heavy atom. The van der Waals surface area contributed by atoms with E-state index in [9.17, 15) is 13.2 Å². The lowest BCUT2D eigenvalue weighted by Crippen LogP contribution is -2.35. The number of imidazole rings is 1. The average Bonchev–Trinajstić information content (AvgIpc) is 2.66. The molecule has 0 amide bonds. The Balaban J connectivity index is 2.46. The fourth-order valence-corrected chi connectivity index (χ4v) is 1.48. The lowest BCUT2D eigenvalue weighted by Gasteiger charge is -2.04. The van der Waals surface area contributed by atoms with Crippen molar-refractivity contribution in [3.05, 3.63) is 18.2 Å². The van der Waals surface area contributed by atoms with Crippen molar-refractivity contribution in [2.45, 2.75) is 6.54 Å². The summed E-state index contributed by atoms with van der Waals surface area (Å²) in [5.74, 6) is -1.12. The molecule has 0 radical (unpaired) electrons. The standard InChI is InChI=1S/C7H12N4O4S/c1-8-16(14,15)10-2-3-11-4-6(7(12)13)9-5-11/h4-5,8,10H,2-3H2,1H3,(H,12,13). The molecule has 0 saturated carbocycles. The van der Waals surface area contributed by atoms with Crippen LogP contribution in [0.5, 0.6) is 0 Å². The number of nitrogens with one attached hydrogen (secondary N) is 2. The Hall–Kier alpha value is -1.45. The molecular formula is C7H12N4O4S. The molecule has 9 heteroatoms. The Kier molecular flexibility index (Phi) is 3.99. The molecule has 0 atom stereocenters. The van der Waals surface area contributed by atoms with Gasteiger partial charge in [0.2, 0.25) is 0 Å². The summed E-state index contributed by atoms with van der Waals surface area (Å²) in [6, 6.07) is 0. The lowest BCUT2D eigenvalue weighted by molar-refractivity contribution is 0.0691. The zero-order valence-electron chi connectivity index (χ0n) is 8.54. The number of hydrogen-bond acceptors (Lipinski definition) is 4. The van der Waals surface area contributed by atoms with Crippen molar-refractivity contribution in [3.8, 4) is 0 Å². The molecule has 0 aliphatic heterocycles. The fourth-order valence-electron chi connectivity index (χ4n) is 0.974. The summed E-state index contributed by atoms with van der Waals surface area (Å²) >= 11 is 0. The minimum atomic E-state index is -3.45. The van der Waals surface area contributed by atoms with E-state index in [-0.39, 0.29) is 12.2 Å². The number of rotatable bonds is 6. The molecule has 0 aromatic carbocycles. The largest absolute Gasteiger partial charge is 0.476 e. The van der Waals surface area contributed by atoms with Crippen LogP contribution < -0.4 is 9.44 Å². The average molecular weight is 248 g/mol. The van der Waals surface area contributed by atoms with Gasteiger partial charge in [0.1, 0.15) is 0 Å². The first-order valence-corrected chi connectivity index (χ1v) is 5.86. The molecule has 0 fully saturated rings. The van der Waals surface area contributed by atoms with Gasteiger partial charge in [-0.15, -0.1) is 0 Å². The Labute approximate surface area is 92.5 Å². The first kappa shape index (κ1) is 12.6. The van der Waals surface area contributed by atoms with Crippen molar-refractivity contribution in [1.82, 2.24) is 19.0 Å². The number of carboxylic acids is 1. The summed E-state index contributed by atoms with van der Waals surface area (Å²) in [7, 11) is -2.16. The van der Waals surface area contributed by atoms with E-state index in [0.717, 1.165) is 0 Å². The SMILES string of the molecule is CNS(=O)(=O)NCCn1cnc(C(=O)O)c1. The van der Waals surface area contributed by atoms with E-state index in [2.05, 4.69) is 14.4 Å². The number of hydrogen-bond donors (Lipinski definition) is 3. The maximum absolute atomic E-state index is 11.0. The Morgan fingerprint density at radius 3 is 2.81 bits per heavy atom. The molecule has 1 aromatic heterocycles. The van der Waals surface area contributed by atoms with Crippen LogP contribution in [0.2, 0.25) is 0 Å². The van der Waals surface area contributed by atoms with Gasteiger partial charge in [0, 0.05) is 26.3 Å². The molecule has 0 bridgehead atoms. The molecule has 1 aromatic rings. The van der Waals surface area contributed by atoms with Crippen LogP contribution in [0.15, 0.2) is 12.5 Å². The van der Waals surface area contributed by atoms with E-state index in [1.165, 1.54) is 24.1 Å². The molecule has 8 nitrogen and oxygen atoms in total. The van der Waals surface area contributed by atoms with Crippen LogP contribution in [-0.2, 0) is 16.8 Å². The first-order valence-electron chi connectivity index (χ1n) is 4.38. The summed E-state index contributed by atoms with van der Waals surface area (Å²) in [5, 5.41) is 8.59. The second-order valence-corrected chi connectivity index (χ2v) is 4.61. The van der Waals surface area contributed by atoms with Gasteiger partial charge in [0.05, 0.1) is 6.33 Å². The Morgan fingerprint density at radius 2 is 2.31 bits per heavy atom. The second kappa shape index (κ2) is 5.05. The Bertz CT molecular complexity index is 466. The number of carboxylic acid groups (broad SMARTS) is 1. The molecule has 0 unspecified atom stereocenters. The molecule has 1 rings (SSSR count). The quantitative estimate of drug-likeness (QED) is 0.575. The summed E-state index contributed by atoms with van der Waals surface area (Å²) in [5.41, 5.74) is -0.0727. The predicted molar refractivity (Wildman–Crippen MR) is 55.2 cm³/mol. The summed E-state index contributed by atoms with van der Waals surface area (Å²) in [4.78, 5) is 14.1. The minimum Gasteiger partial charge on any atom is -0.476 e. The number of aromatic nitrogens is 2. The van der Waals surface area contributed by atoms with Gasteiger partial charge in [-0.3, -0.25) is 0 Å². The van der Waals surface area contributed by atoms with Crippen molar-refractivity contribution in [2.75, 3.05) is 13.6 Å². The molecule has 3 N–H and O–H groups in total. The summed E-state index contributed by atoms with van der Waals surface area (Å²) in [6.07, 6.45) is 2.66. The highest BCUT2D eigenvalue weighted by Gasteiger charge is 2.07.